The van der Waals surface area contributed by atoms with Gasteiger partial charge in [0.15, 0.2) is 0 Å². The quantitative estimate of drug-likeness (QED) is 0.590. The van der Waals surface area contributed by atoms with E-state index in [0.29, 0.717) is 36.5 Å². The van der Waals surface area contributed by atoms with Crippen LogP contribution in [0.3, 0.4) is 0 Å². The van der Waals surface area contributed by atoms with Crippen LogP contribution in [0.2, 0.25) is 0 Å². The van der Waals surface area contributed by atoms with Crippen LogP contribution in [0.5, 0.6) is 0 Å². The second kappa shape index (κ2) is 9.65. The highest BCUT2D eigenvalue weighted by molar-refractivity contribution is 7.88. The fourth-order valence-corrected chi connectivity index (χ4v) is 4.57. The Morgan fingerprint density at radius 1 is 1.25 bits per heavy atom. The highest BCUT2D eigenvalue weighted by atomic mass is 32.2. The van der Waals surface area contributed by atoms with Crippen molar-refractivity contribution in [1.82, 2.24) is 18.7 Å². The van der Waals surface area contributed by atoms with E-state index in [4.69, 9.17) is 4.74 Å². The molecule has 2 heterocycles. The first-order valence-electron chi connectivity index (χ1n) is 10.3. The third-order valence-corrected chi connectivity index (χ3v) is 6.54. The summed E-state index contributed by atoms with van der Waals surface area (Å²) in [7, 11) is -1.77. The lowest BCUT2D eigenvalue weighted by Crippen LogP contribution is -2.39. The van der Waals surface area contributed by atoms with Crippen LogP contribution in [0, 0.1) is 0 Å². The lowest BCUT2D eigenvalue weighted by atomic mass is 9.99. The third kappa shape index (κ3) is 5.43. The molecule has 1 aliphatic rings. The Labute approximate surface area is 186 Å². The zero-order valence-corrected chi connectivity index (χ0v) is 19.1. The van der Waals surface area contributed by atoms with Crippen molar-refractivity contribution in [3.8, 4) is 0 Å². The van der Waals surface area contributed by atoms with Crippen molar-refractivity contribution in [2.24, 2.45) is 7.05 Å². The number of sulfonamides is 1. The van der Waals surface area contributed by atoms with Crippen LogP contribution in [0.1, 0.15) is 41.9 Å². The molecule has 12 heteroatoms. The van der Waals surface area contributed by atoms with Gasteiger partial charge in [-0.05, 0) is 44.0 Å². The first-order chi connectivity index (χ1) is 15.1. The predicted octanol–water partition coefficient (Wildman–Crippen LogP) is 0.536. The number of hydrogen-bond acceptors (Lipinski definition) is 7. The second-order valence-electron chi connectivity index (χ2n) is 7.66. The van der Waals surface area contributed by atoms with E-state index in [9.17, 15) is 22.8 Å². The second-order valence-corrected chi connectivity index (χ2v) is 9.65. The van der Waals surface area contributed by atoms with E-state index >= 15 is 0 Å². The number of esters is 1. The van der Waals surface area contributed by atoms with Gasteiger partial charge in [-0.15, -0.1) is 0 Å². The Kier molecular flexibility index (Phi) is 7.14. The number of benzene rings is 1. The average molecular weight is 466 g/mol. The summed E-state index contributed by atoms with van der Waals surface area (Å²) in [6.07, 6.45) is 2.53. The lowest BCUT2D eigenvalue weighted by Gasteiger charge is -2.30. The molecule has 174 valence electrons. The third-order valence-electron chi connectivity index (χ3n) is 5.27. The fraction of sp³-hybridized carbons (Fsp3) is 0.500. The summed E-state index contributed by atoms with van der Waals surface area (Å²) in [6.45, 7) is 2.39. The number of hydrogen-bond donors (Lipinski definition) is 1. The van der Waals surface area contributed by atoms with Crippen LogP contribution in [-0.4, -0.2) is 64.9 Å². The van der Waals surface area contributed by atoms with Gasteiger partial charge >= 0.3 is 11.7 Å². The summed E-state index contributed by atoms with van der Waals surface area (Å²) in [6, 6.07) is 6.21. The molecule has 1 aromatic carbocycles. The Bertz CT molecular complexity index is 1150. The molecule has 0 radical (unpaired) electrons. The number of amides is 1. The molecule has 32 heavy (non-hydrogen) atoms. The zero-order chi connectivity index (χ0) is 23.5. The van der Waals surface area contributed by atoms with E-state index in [2.05, 4.69) is 10.4 Å². The molecule has 0 bridgehead atoms. The normalized spacial score (nSPS) is 17.2. The summed E-state index contributed by atoms with van der Waals surface area (Å²) in [5.74, 6) is -0.678. The first-order valence-corrected chi connectivity index (χ1v) is 12.1. The summed E-state index contributed by atoms with van der Waals surface area (Å²) in [5.41, 5.74) is 0.374. The van der Waals surface area contributed by atoms with Gasteiger partial charge in [-0.25, -0.2) is 27.0 Å². The van der Waals surface area contributed by atoms with Gasteiger partial charge in [0.25, 0.3) is 0 Å². The van der Waals surface area contributed by atoms with Gasteiger partial charge in [0.05, 0.1) is 18.4 Å². The van der Waals surface area contributed by atoms with Crippen molar-refractivity contribution in [2.45, 2.75) is 32.2 Å². The highest BCUT2D eigenvalue weighted by Crippen LogP contribution is 2.26. The molecule has 1 saturated heterocycles. The monoisotopic (exact) mass is 465 g/mol. The number of nitrogens with zero attached hydrogens (tertiary/aromatic N) is 4. The van der Waals surface area contributed by atoms with E-state index in [1.54, 1.807) is 26.1 Å². The van der Waals surface area contributed by atoms with Crippen LogP contribution in [0.4, 0.5) is 5.69 Å². The van der Waals surface area contributed by atoms with Gasteiger partial charge in [-0.2, -0.15) is 5.10 Å². The van der Waals surface area contributed by atoms with Crippen molar-refractivity contribution >= 4 is 27.6 Å². The lowest BCUT2D eigenvalue weighted by molar-refractivity contribution is -0.117. The minimum Gasteiger partial charge on any atom is -0.462 e. The molecule has 1 aromatic heterocycles. The smallest absolute Gasteiger partial charge is 0.346 e. The zero-order valence-electron chi connectivity index (χ0n) is 18.3. The van der Waals surface area contributed by atoms with E-state index in [-0.39, 0.29) is 25.6 Å². The summed E-state index contributed by atoms with van der Waals surface area (Å²) < 4.78 is 32.5. The number of nitrogens with one attached hydrogen (secondary N) is 1. The van der Waals surface area contributed by atoms with Crippen molar-refractivity contribution in [1.29, 1.82) is 0 Å². The number of ether oxygens (including phenoxy) is 1. The fourth-order valence-electron chi connectivity index (χ4n) is 3.66. The van der Waals surface area contributed by atoms with Crippen molar-refractivity contribution in [2.75, 3.05) is 31.3 Å². The van der Waals surface area contributed by atoms with Crippen LogP contribution >= 0.6 is 0 Å². The van der Waals surface area contributed by atoms with Crippen LogP contribution in [-0.2, 0) is 33.1 Å². The van der Waals surface area contributed by atoms with Gasteiger partial charge in [-0.3, -0.25) is 9.36 Å². The SMILES string of the molecule is CCOC(=O)c1ccc(NC(=O)Cn2nc(C3CCCN(S(C)(=O)=O)C3)n(C)c2=O)cc1. The minimum atomic E-state index is -3.33. The molecule has 2 aromatic rings. The van der Waals surface area contributed by atoms with E-state index in [0.717, 1.165) is 10.9 Å². The van der Waals surface area contributed by atoms with Gasteiger partial charge in [0.1, 0.15) is 12.4 Å². The Hall–Kier alpha value is -2.99. The number of aromatic nitrogens is 3. The molecule has 1 unspecified atom stereocenters. The summed E-state index contributed by atoms with van der Waals surface area (Å²) in [4.78, 5) is 36.7. The van der Waals surface area contributed by atoms with E-state index < -0.39 is 27.6 Å². The number of anilines is 1. The molecule has 1 atom stereocenters. The minimum absolute atomic E-state index is 0.226. The Morgan fingerprint density at radius 2 is 1.94 bits per heavy atom. The maximum atomic E-state index is 12.6. The molecule has 3 rings (SSSR count). The maximum absolute atomic E-state index is 12.6. The molecule has 1 N–H and O–H groups in total. The van der Waals surface area contributed by atoms with Crippen molar-refractivity contribution < 1.29 is 22.7 Å². The number of rotatable bonds is 7. The van der Waals surface area contributed by atoms with Crippen LogP contribution in [0.15, 0.2) is 29.1 Å². The predicted molar refractivity (Wildman–Crippen MR) is 117 cm³/mol. The van der Waals surface area contributed by atoms with Crippen molar-refractivity contribution in [3.05, 3.63) is 46.1 Å². The van der Waals surface area contributed by atoms with Crippen molar-refractivity contribution in [3.63, 3.8) is 0 Å². The maximum Gasteiger partial charge on any atom is 0.346 e. The largest absolute Gasteiger partial charge is 0.462 e. The molecule has 1 amide bonds. The Morgan fingerprint density at radius 3 is 2.56 bits per heavy atom. The van der Waals surface area contributed by atoms with Gasteiger partial charge in [-0.1, -0.05) is 0 Å². The molecule has 11 nitrogen and oxygen atoms in total. The van der Waals surface area contributed by atoms with Crippen LogP contribution < -0.4 is 11.0 Å². The molecule has 1 aliphatic heterocycles. The number of carbonyl (C=O) groups excluding carboxylic acids is 2. The standard InChI is InChI=1S/C20H27N5O6S/c1-4-31-19(27)14-7-9-16(10-8-14)21-17(26)13-25-20(28)23(2)18(22-25)15-6-5-11-24(12-15)32(3,29)30/h7-10,15H,4-6,11-13H2,1-3H3,(H,21,26). The summed E-state index contributed by atoms with van der Waals surface area (Å²) >= 11 is 0. The number of piperidine rings is 1. The van der Waals surface area contributed by atoms with Gasteiger partial charge in [0, 0.05) is 31.7 Å². The highest BCUT2D eigenvalue weighted by Gasteiger charge is 2.30. The molecular weight excluding hydrogens is 438 g/mol. The average Bonchev–Trinajstić information content (AvgIpc) is 3.02. The van der Waals surface area contributed by atoms with E-state index in [1.165, 1.54) is 21.0 Å². The Balaban J connectivity index is 1.68. The van der Waals surface area contributed by atoms with Gasteiger partial charge < -0.3 is 10.1 Å². The molecule has 0 spiro atoms. The molecule has 0 saturated carbocycles. The molecule has 1 fully saturated rings. The first kappa shape index (κ1) is 23.7. The molecular formula is C20H27N5O6S. The molecule has 0 aliphatic carbocycles. The summed E-state index contributed by atoms with van der Waals surface area (Å²) in [5, 5.41) is 6.98. The van der Waals surface area contributed by atoms with E-state index in [1.807, 2.05) is 0 Å². The van der Waals surface area contributed by atoms with Gasteiger partial charge in [0.2, 0.25) is 15.9 Å². The number of carbonyl (C=O) groups is 2. The van der Waals surface area contributed by atoms with Crippen LogP contribution in [0.25, 0.3) is 0 Å². The topological polar surface area (TPSA) is 133 Å².